The van der Waals surface area contributed by atoms with Crippen LogP contribution in [0.4, 0.5) is 8.78 Å². The molecule has 2 radical (unpaired) electrons. The molecule has 0 unspecified atom stereocenters. The van der Waals surface area contributed by atoms with E-state index in [1.807, 2.05) is 20.0 Å². The summed E-state index contributed by atoms with van der Waals surface area (Å²) in [7, 11) is 0. The molecule has 5 nitrogen and oxygen atoms in total. The molecule has 9 heteroatoms. The van der Waals surface area contributed by atoms with Crippen molar-refractivity contribution in [2.45, 2.75) is 102 Å². The number of ether oxygens (including phenoxy) is 1. The van der Waals surface area contributed by atoms with E-state index in [2.05, 4.69) is 31.8 Å². The van der Waals surface area contributed by atoms with Crippen LogP contribution in [0.1, 0.15) is 95.5 Å². The number of hydrogen-bond donors (Lipinski definition) is 0. The molecule has 0 aliphatic rings. The molecule has 3 aromatic heterocycles. The number of aromatic nitrogens is 3. The average molecular weight is 679 g/mol. The van der Waals surface area contributed by atoms with Gasteiger partial charge in [-0.2, -0.15) is 0 Å². The van der Waals surface area contributed by atoms with E-state index in [4.69, 9.17) is 21.3 Å². The predicted octanol–water partition coefficient (Wildman–Crippen LogP) is 7.81. The average Bonchev–Trinajstić information content (AvgIpc) is 2.93. The Balaban J connectivity index is 1.96. The second-order valence-corrected chi connectivity index (χ2v) is 16.1. The van der Waals surface area contributed by atoms with E-state index in [0.717, 1.165) is 27.2 Å². The Labute approximate surface area is 252 Å². The van der Waals surface area contributed by atoms with Crippen LogP contribution in [0.2, 0.25) is 8.45 Å². The number of nitrogens with zero attached hydrogens (tertiary/aromatic N) is 3. The summed E-state index contributed by atoms with van der Waals surface area (Å²) in [4.78, 5) is 22.1. The summed E-state index contributed by atoms with van der Waals surface area (Å²) in [6, 6.07) is 4.51. The van der Waals surface area contributed by atoms with Gasteiger partial charge in [-0.3, -0.25) is 0 Å². The molecule has 0 saturated heterocycles. The van der Waals surface area contributed by atoms with Gasteiger partial charge >= 0.3 is 243 Å². The van der Waals surface area contributed by atoms with E-state index in [1.54, 1.807) is 10.6 Å². The van der Waals surface area contributed by atoms with Crippen LogP contribution < -0.4 is 14.0 Å². The first-order valence-electron chi connectivity index (χ1n) is 14.2. The zero-order valence-corrected chi connectivity index (χ0v) is 27.9. The minimum absolute atomic E-state index is 0.0716. The molecule has 0 fully saturated rings. The molecule has 3 rings (SSSR count). The first kappa shape index (κ1) is 32.5. The molecule has 0 aromatic carbocycles. The maximum absolute atomic E-state index is 14.0. The number of halogens is 3. The number of rotatable bonds is 15. The SMILES string of the molecule is CCCC[C](CCCC)(CCCC)[Sn][c]1cc(-n2c(C)cc(OCc3ncc(F)cc3F)c(Cl)c2=O)c(C)cn1. The predicted molar refractivity (Wildman–Crippen MR) is 159 cm³/mol. The van der Waals surface area contributed by atoms with E-state index in [1.165, 1.54) is 57.8 Å². The van der Waals surface area contributed by atoms with Crippen molar-refractivity contribution in [2.75, 3.05) is 0 Å². The number of aryl methyl sites for hydroxylation is 2. The van der Waals surface area contributed by atoms with Crippen LogP contribution in [-0.4, -0.2) is 35.7 Å². The van der Waals surface area contributed by atoms with Crippen LogP contribution in [0.15, 0.2) is 35.4 Å². The van der Waals surface area contributed by atoms with Crippen molar-refractivity contribution in [3.8, 4) is 11.4 Å². The van der Waals surface area contributed by atoms with Crippen molar-refractivity contribution in [3.63, 3.8) is 0 Å². The molecule has 0 atom stereocenters. The molecule has 40 heavy (non-hydrogen) atoms. The van der Waals surface area contributed by atoms with Gasteiger partial charge in [0.15, 0.2) is 0 Å². The molecule has 3 heterocycles. The fourth-order valence-corrected chi connectivity index (χ4v) is 10.3. The quantitative estimate of drug-likeness (QED) is 0.154. The summed E-state index contributed by atoms with van der Waals surface area (Å²) in [6.45, 7) is 10.3. The van der Waals surface area contributed by atoms with Crippen molar-refractivity contribution in [3.05, 3.63) is 74.6 Å². The molecule has 3 aromatic rings. The Morgan fingerprint density at radius 1 is 0.950 bits per heavy atom. The summed E-state index contributed by atoms with van der Waals surface area (Å²) in [6.07, 6.45) is 13.8. The molecular formula is C31H40ClF2N3O2Sn. The van der Waals surface area contributed by atoms with Gasteiger partial charge in [0.25, 0.3) is 0 Å². The van der Waals surface area contributed by atoms with Crippen LogP contribution in [0.25, 0.3) is 5.69 Å². The maximum atomic E-state index is 14.0. The minimum atomic E-state index is -1.11. The van der Waals surface area contributed by atoms with Gasteiger partial charge in [0, 0.05) is 0 Å². The number of hydrogen-bond acceptors (Lipinski definition) is 4. The third-order valence-corrected chi connectivity index (χ3v) is 12.8. The Hall–Kier alpha value is -2.00. The van der Waals surface area contributed by atoms with Crippen molar-refractivity contribution in [2.24, 2.45) is 0 Å². The molecular weight excluding hydrogens is 639 g/mol. The Bertz CT molecular complexity index is 1330. The molecule has 0 spiro atoms. The second-order valence-electron chi connectivity index (χ2n) is 10.5. The normalized spacial score (nSPS) is 11.7. The molecule has 0 aliphatic heterocycles. The van der Waals surface area contributed by atoms with Crippen LogP contribution >= 0.6 is 11.6 Å². The summed E-state index contributed by atoms with van der Waals surface area (Å²) in [5, 5.41) is -0.103. The van der Waals surface area contributed by atoms with Gasteiger partial charge in [-0.05, 0) is 0 Å². The first-order valence-corrected chi connectivity index (χ1v) is 17.5. The summed E-state index contributed by atoms with van der Waals surface area (Å²) < 4.78 is 36.0. The van der Waals surface area contributed by atoms with Gasteiger partial charge in [-0.1, -0.05) is 0 Å². The summed E-state index contributed by atoms with van der Waals surface area (Å²) in [5.74, 6) is -1.46. The summed E-state index contributed by atoms with van der Waals surface area (Å²) in [5.41, 5.74) is 1.82. The topological polar surface area (TPSA) is 57.0 Å². The molecule has 0 N–H and O–H groups in total. The van der Waals surface area contributed by atoms with E-state index in [0.29, 0.717) is 9.12 Å². The molecule has 0 amide bonds. The molecule has 216 valence electrons. The first-order chi connectivity index (χ1) is 19.1. The Kier molecular flexibility index (Phi) is 12.4. The van der Waals surface area contributed by atoms with Gasteiger partial charge in [-0.25, -0.2) is 4.39 Å². The molecule has 0 saturated carbocycles. The third kappa shape index (κ3) is 8.27. The fourth-order valence-electron chi connectivity index (χ4n) is 4.98. The van der Waals surface area contributed by atoms with E-state index >= 15 is 0 Å². The van der Waals surface area contributed by atoms with Crippen molar-refractivity contribution in [1.82, 2.24) is 14.5 Å². The van der Waals surface area contributed by atoms with E-state index in [9.17, 15) is 13.6 Å². The van der Waals surface area contributed by atoms with Crippen LogP contribution in [-0.2, 0) is 6.61 Å². The van der Waals surface area contributed by atoms with Crippen LogP contribution in [0.3, 0.4) is 0 Å². The van der Waals surface area contributed by atoms with E-state index < -0.39 is 38.3 Å². The number of unbranched alkanes of at least 4 members (excludes halogenated alkanes) is 3. The van der Waals surface area contributed by atoms with Gasteiger partial charge in [0.05, 0.1) is 0 Å². The second kappa shape index (κ2) is 15.3. The zero-order valence-electron chi connectivity index (χ0n) is 24.2. The van der Waals surface area contributed by atoms with Crippen molar-refractivity contribution >= 4 is 36.5 Å². The van der Waals surface area contributed by atoms with Crippen LogP contribution in [0, 0.1) is 25.5 Å². The Morgan fingerprint density at radius 2 is 1.57 bits per heavy atom. The van der Waals surface area contributed by atoms with Crippen molar-refractivity contribution < 1.29 is 13.5 Å². The van der Waals surface area contributed by atoms with Gasteiger partial charge in [0.1, 0.15) is 5.82 Å². The molecule has 0 aliphatic carbocycles. The van der Waals surface area contributed by atoms with Gasteiger partial charge < -0.3 is 0 Å². The molecule has 0 bridgehead atoms. The number of pyridine rings is 3. The van der Waals surface area contributed by atoms with Gasteiger partial charge in [-0.15, -0.1) is 0 Å². The van der Waals surface area contributed by atoms with Crippen molar-refractivity contribution in [1.29, 1.82) is 0 Å². The third-order valence-electron chi connectivity index (χ3n) is 7.28. The Morgan fingerprint density at radius 3 is 2.15 bits per heavy atom. The van der Waals surface area contributed by atoms with Crippen LogP contribution in [0.5, 0.6) is 5.75 Å². The zero-order chi connectivity index (χ0) is 29.3. The standard InChI is InChI=1S/C18H13ClF2N3O2.C13H27.Sn/c1-10-7-22-4-3-15(10)24-11(2)5-16(17(19)18(24)25)26-9-14-13(21)6-12(20)8-23-14;1-4-7-10-13(11-8-5-2)12-9-6-3;/h3,5-8H,9H2,1-2H3;4-12H2,1-3H3;. The monoisotopic (exact) mass is 679 g/mol. The van der Waals surface area contributed by atoms with E-state index in [-0.39, 0.29) is 23.1 Å². The van der Waals surface area contributed by atoms with Gasteiger partial charge in [0.2, 0.25) is 0 Å². The summed E-state index contributed by atoms with van der Waals surface area (Å²) >= 11 is 5.37. The fraction of sp³-hybridized carbons (Fsp3) is 0.516.